The fourth-order valence-corrected chi connectivity index (χ4v) is 4.93. The molecular weight excluding hydrogens is 424 g/mol. The smallest absolute Gasteiger partial charge is 0.246 e. The van der Waals surface area contributed by atoms with Crippen molar-refractivity contribution in [2.75, 3.05) is 20.2 Å². The van der Waals surface area contributed by atoms with Gasteiger partial charge < -0.3 is 18.8 Å². The van der Waals surface area contributed by atoms with Crippen LogP contribution >= 0.6 is 0 Å². The topological polar surface area (TPSA) is 52.3 Å². The zero-order valence-corrected chi connectivity index (χ0v) is 19.9. The van der Waals surface area contributed by atoms with Gasteiger partial charge in [0.05, 0.1) is 24.8 Å². The minimum absolute atomic E-state index is 0.0590. The number of fused-ring (bicyclic) bond motifs is 1. The van der Waals surface area contributed by atoms with Crippen LogP contribution in [0, 0.1) is 6.92 Å². The van der Waals surface area contributed by atoms with Crippen molar-refractivity contribution in [1.29, 1.82) is 0 Å². The highest BCUT2D eigenvalue weighted by Crippen LogP contribution is 2.32. The first-order valence-corrected chi connectivity index (χ1v) is 11.7. The van der Waals surface area contributed by atoms with E-state index in [1.807, 2.05) is 46.9 Å². The van der Waals surface area contributed by atoms with E-state index in [0.717, 1.165) is 48.6 Å². The van der Waals surface area contributed by atoms with Crippen molar-refractivity contribution in [1.82, 2.24) is 19.0 Å². The number of carbonyl (C=O) groups is 1. The summed E-state index contributed by atoms with van der Waals surface area (Å²) in [6.45, 7) is 3.51. The number of aryl methyl sites for hydroxylation is 2. The monoisotopic (exact) mass is 454 g/mol. The van der Waals surface area contributed by atoms with E-state index in [4.69, 9.17) is 4.74 Å². The van der Waals surface area contributed by atoms with E-state index < -0.39 is 0 Å². The quantitative estimate of drug-likeness (QED) is 0.394. The molecule has 4 aromatic rings. The zero-order chi connectivity index (χ0) is 23.7. The van der Waals surface area contributed by atoms with E-state index in [0.29, 0.717) is 5.92 Å². The number of benzene rings is 2. The van der Waals surface area contributed by atoms with Gasteiger partial charge in [0.1, 0.15) is 5.75 Å². The Bertz CT molecular complexity index is 1360. The molecule has 0 N–H and O–H groups in total. The Labute approximate surface area is 200 Å². The molecule has 6 nitrogen and oxygen atoms in total. The highest BCUT2D eigenvalue weighted by molar-refractivity contribution is 5.92. The maximum atomic E-state index is 12.9. The molecule has 0 aliphatic carbocycles. The van der Waals surface area contributed by atoms with E-state index in [2.05, 4.69) is 46.9 Å². The van der Waals surface area contributed by atoms with Crippen LogP contribution in [-0.4, -0.2) is 45.1 Å². The van der Waals surface area contributed by atoms with E-state index >= 15 is 0 Å². The standard InChI is InChI=1S/C28H30N4O2/c1-20-18-32(19-29-20)25-10-8-21(16-27(25)34-3)9-11-28(33)31-14-12-22(13-15-31)26-17-23-6-4-5-7-24(23)30(26)2/h4-11,16-19,22H,12-15H2,1-3H3/b11-9+. The van der Waals surface area contributed by atoms with Crippen LogP contribution in [-0.2, 0) is 11.8 Å². The number of piperidine rings is 1. The van der Waals surface area contributed by atoms with Crippen molar-refractivity contribution in [3.63, 3.8) is 0 Å². The Kier molecular flexibility index (Phi) is 5.97. The van der Waals surface area contributed by atoms with Crippen LogP contribution in [0.4, 0.5) is 0 Å². The molecule has 0 bridgehead atoms. The molecular formula is C28H30N4O2. The second-order valence-corrected chi connectivity index (χ2v) is 8.97. The molecule has 0 atom stereocenters. The second kappa shape index (κ2) is 9.21. The molecule has 1 saturated heterocycles. The van der Waals surface area contributed by atoms with Crippen LogP contribution in [0.3, 0.4) is 0 Å². The summed E-state index contributed by atoms with van der Waals surface area (Å²) in [6.07, 6.45) is 9.23. The molecule has 0 unspecified atom stereocenters. The third-order valence-electron chi connectivity index (χ3n) is 6.83. The van der Waals surface area contributed by atoms with E-state index in [9.17, 15) is 4.79 Å². The number of para-hydroxylation sites is 1. The number of hydrogen-bond acceptors (Lipinski definition) is 3. The first-order valence-electron chi connectivity index (χ1n) is 11.7. The van der Waals surface area contributed by atoms with Crippen molar-refractivity contribution >= 4 is 22.9 Å². The number of rotatable bonds is 5. The maximum Gasteiger partial charge on any atom is 0.246 e. The van der Waals surface area contributed by atoms with Crippen molar-refractivity contribution in [2.24, 2.45) is 7.05 Å². The lowest BCUT2D eigenvalue weighted by Gasteiger charge is -2.31. The SMILES string of the molecule is COc1cc(/C=C/C(=O)N2CCC(c3cc4ccccc4n3C)CC2)ccc1-n1cnc(C)c1. The van der Waals surface area contributed by atoms with E-state index in [-0.39, 0.29) is 5.91 Å². The lowest BCUT2D eigenvalue weighted by atomic mass is 9.93. The molecule has 0 saturated carbocycles. The number of ether oxygens (including phenoxy) is 1. The van der Waals surface area contributed by atoms with Gasteiger partial charge in [-0.05, 0) is 61.1 Å². The molecule has 174 valence electrons. The summed E-state index contributed by atoms with van der Waals surface area (Å²) in [5, 5.41) is 1.28. The first kappa shape index (κ1) is 22.0. The highest BCUT2D eigenvalue weighted by atomic mass is 16.5. The zero-order valence-electron chi connectivity index (χ0n) is 19.9. The first-order chi connectivity index (χ1) is 16.5. The molecule has 1 aliphatic heterocycles. The van der Waals surface area contributed by atoms with Crippen molar-refractivity contribution in [2.45, 2.75) is 25.7 Å². The molecule has 0 spiro atoms. The van der Waals surface area contributed by atoms with Gasteiger partial charge in [0.2, 0.25) is 5.91 Å². The number of nitrogens with zero attached hydrogens (tertiary/aromatic N) is 4. The fraction of sp³-hybridized carbons (Fsp3) is 0.286. The highest BCUT2D eigenvalue weighted by Gasteiger charge is 2.25. The summed E-state index contributed by atoms with van der Waals surface area (Å²) in [5.41, 5.74) is 5.42. The average Bonchev–Trinajstić information content (AvgIpc) is 3.45. The molecule has 2 aromatic carbocycles. The average molecular weight is 455 g/mol. The van der Waals surface area contributed by atoms with Gasteiger partial charge in [0, 0.05) is 49.5 Å². The summed E-state index contributed by atoms with van der Waals surface area (Å²) < 4.78 is 9.82. The second-order valence-electron chi connectivity index (χ2n) is 8.97. The Morgan fingerprint density at radius 2 is 1.91 bits per heavy atom. The fourth-order valence-electron chi connectivity index (χ4n) is 4.93. The van der Waals surface area contributed by atoms with Crippen LogP contribution in [0.25, 0.3) is 22.7 Å². The number of likely N-dealkylation sites (tertiary alicyclic amines) is 1. The predicted molar refractivity (Wildman–Crippen MR) is 135 cm³/mol. The van der Waals surface area contributed by atoms with Crippen molar-refractivity contribution < 1.29 is 9.53 Å². The molecule has 0 radical (unpaired) electrons. The number of amides is 1. The molecule has 6 heteroatoms. The van der Waals surface area contributed by atoms with Gasteiger partial charge in [-0.2, -0.15) is 0 Å². The number of methoxy groups -OCH3 is 1. The normalized spacial score (nSPS) is 14.9. The molecule has 2 aromatic heterocycles. The minimum Gasteiger partial charge on any atom is -0.495 e. The van der Waals surface area contributed by atoms with Gasteiger partial charge in [0.25, 0.3) is 0 Å². The van der Waals surface area contributed by atoms with E-state index in [1.165, 1.54) is 16.6 Å². The van der Waals surface area contributed by atoms with Crippen LogP contribution in [0.1, 0.15) is 35.7 Å². The Morgan fingerprint density at radius 1 is 1.12 bits per heavy atom. The molecule has 5 rings (SSSR count). The lowest BCUT2D eigenvalue weighted by molar-refractivity contribution is -0.127. The van der Waals surface area contributed by atoms with Gasteiger partial charge in [-0.1, -0.05) is 24.3 Å². The van der Waals surface area contributed by atoms with Gasteiger partial charge in [0.15, 0.2) is 0 Å². The summed E-state index contributed by atoms with van der Waals surface area (Å²) in [6, 6.07) is 16.7. The Morgan fingerprint density at radius 3 is 2.62 bits per heavy atom. The predicted octanol–water partition coefficient (Wildman–Crippen LogP) is 5.10. The largest absolute Gasteiger partial charge is 0.495 e. The van der Waals surface area contributed by atoms with Gasteiger partial charge >= 0.3 is 0 Å². The van der Waals surface area contributed by atoms with Gasteiger partial charge in [-0.3, -0.25) is 4.79 Å². The van der Waals surface area contributed by atoms with Gasteiger partial charge in [-0.25, -0.2) is 4.98 Å². The van der Waals surface area contributed by atoms with Crippen LogP contribution in [0.5, 0.6) is 5.75 Å². The molecule has 1 amide bonds. The van der Waals surface area contributed by atoms with Crippen molar-refractivity contribution in [3.8, 4) is 11.4 Å². The Balaban J connectivity index is 1.24. The summed E-state index contributed by atoms with van der Waals surface area (Å²) in [4.78, 5) is 19.1. The number of aromatic nitrogens is 3. The summed E-state index contributed by atoms with van der Waals surface area (Å²) >= 11 is 0. The number of hydrogen-bond donors (Lipinski definition) is 0. The number of carbonyl (C=O) groups excluding carboxylic acids is 1. The van der Waals surface area contributed by atoms with Crippen LogP contribution in [0.15, 0.2) is 67.1 Å². The Hall–Kier alpha value is -3.80. The van der Waals surface area contributed by atoms with Crippen LogP contribution in [0.2, 0.25) is 0 Å². The summed E-state index contributed by atoms with van der Waals surface area (Å²) in [7, 11) is 3.80. The van der Waals surface area contributed by atoms with E-state index in [1.54, 1.807) is 19.5 Å². The summed E-state index contributed by atoms with van der Waals surface area (Å²) in [5.74, 6) is 1.28. The minimum atomic E-state index is 0.0590. The van der Waals surface area contributed by atoms with Crippen LogP contribution < -0.4 is 4.74 Å². The molecule has 34 heavy (non-hydrogen) atoms. The number of imidazole rings is 1. The molecule has 3 heterocycles. The maximum absolute atomic E-state index is 12.9. The van der Waals surface area contributed by atoms with Crippen molar-refractivity contribution in [3.05, 3.63) is 84.1 Å². The molecule has 1 aliphatic rings. The van der Waals surface area contributed by atoms with Gasteiger partial charge in [-0.15, -0.1) is 0 Å². The lowest BCUT2D eigenvalue weighted by Crippen LogP contribution is -2.37. The molecule has 1 fully saturated rings. The third-order valence-corrected chi connectivity index (χ3v) is 6.83. The third kappa shape index (κ3) is 4.23.